The SMILES string of the molecule is CC1=CC[C-]=C1.CC1=CC[C-]=C1.C[SiH]C.[CH3-].[Cl-].[Zr+4]. The van der Waals surface area contributed by atoms with Crippen LogP contribution >= 0.6 is 0 Å². The van der Waals surface area contributed by atoms with Crippen LogP contribution in [0.2, 0.25) is 13.1 Å². The van der Waals surface area contributed by atoms with Gasteiger partial charge in [-0.2, -0.15) is 12.2 Å². The summed E-state index contributed by atoms with van der Waals surface area (Å²) in [6, 6.07) is 0. The smallest absolute Gasteiger partial charge is 1.00 e. The van der Waals surface area contributed by atoms with E-state index in [2.05, 4.69) is 51.2 Å². The Bertz CT molecular complexity index is 245. The third kappa shape index (κ3) is 18.7. The second kappa shape index (κ2) is 19.7. The van der Waals surface area contributed by atoms with Gasteiger partial charge in [0.05, 0.1) is 0 Å². The third-order valence-corrected chi connectivity index (χ3v) is 1.74. The van der Waals surface area contributed by atoms with Gasteiger partial charge in [-0.15, -0.1) is 26.7 Å². The molecule has 0 saturated carbocycles. The van der Waals surface area contributed by atoms with E-state index in [0.717, 1.165) is 22.4 Å². The topological polar surface area (TPSA) is 0 Å². The first-order chi connectivity index (χ1) is 7.20. The molecule has 0 fully saturated rings. The van der Waals surface area contributed by atoms with Crippen LogP contribution in [0.25, 0.3) is 0 Å². The molecule has 2 aliphatic rings. The Morgan fingerprint density at radius 3 is 1.28 bits per heavy atom. The molecule has 0 aliphatic heterocycles. The first-order valence-electron chi connectivity index (χ1n) is 5.41. The molecule has 0 aromatic heterocycles. The van der Waals surface area contributed by atoms with Gasteiger partial charge in [-0.25, -0.2) is 23.3 Å². The fourth-order valence-corrected chi connectivity index (χ4v) is 0.998. The van der Waals surface area contributed by atoms with Crippen molar-refractivity contribution in [3.8, 4) is 0 Å². The van der Waals surface area contributed by atoms with Gasteiger partial charge in [0.15, 0.2) is 0 Å². The molecule has 99 valence electrons. The van der Waals surface area contributed by atoms with Crippen molar-refractivity contribution in [2.45, 2.75) is 39.8 Å². The summed E-state index contributed by atoms with van der Waals surface area (Å²) in [5.41, 5.74) is 2.69. The second-order valence-corrected chi connectivity index (χ2v) is 4.73. The van der Waals surface area contributed by atoms with Gasteiger partial charge in [0.1, 0.15) is 0 Å². The molecule has 0 amide bonds. The molecule has 18 heavy (non-hydrogen) atoms. The summed E-state index contributed by atoms with van der Waals surface area (Å²) in [7, 11) is 0.750. The molecular formula is C15H24ClSiZr. The van der Waals surface area contributed by atoms with Crippen molar-refractivity contribution in [2.24, 2.45) is 0 Å². The Labute approximate surface area is 142 Å². The largest absolute Gasteiger partial charge is 4.00 e. The van der Waals surface area contributed by atoms with Crippen LogP contribution in [-0.4, -0.2) is 9.52 Å². The molecule has 0 heterocycles. The maximum atomic E-state index is 3.05. The average molecular weight is 359 g/mol. The summed E-state index contributed by atoms with van der Waals surface area (Å²) in [5.74, 6) is 0. The Balaban J connectivity index is -0.0000000793. The first-order valence-corrected chi connectivity index (χ1v) is 7.72. The van der Waals surface area contributed by atoms with Crippen LogP contribution in [0.15, 0.2) is 35.5 Å². The van der Waals surface area contributed by atoms with Crippen molar-refractivity contribution in [1.82, 2.24) is 0 Å². The molecule has 0 bridgehead atoms. The van der Waals surface area contributed by atoms with Crippen LogP contribution in [0.4, 0.5) is 0 Å². The minimum Gasteiger partial charge on any atom is -1.00 e. The molecule has 0 unspecified atom stereocenters. The molecule has 0 aromatic rings. The van der Waals surface area contributed by atoms with E-state index in [1.54, 1.807) is 0 Å². The fraction of sp³-hybridized carbons (Fsp3) is 0.400. The van der Waals surface area contributed by atoms with Crippen molar-refractivity contribution in [3.05, 3.63) is 55.0 Å². The van der Waals surface area contributed by atoms with Gasteiger partial charge < -0.3 is 19.8 Å². The summed E-state index contributed by atoms with van der Waals surface area (Å²) >= 11 is 0. The molecule has 0 aromatic carbocycles. The standard InChI is InChI=1S/2C6H7.C2H7Si.CH3.ClH.Zr/c2*1-6-4-2-3-5-6;1-3-2;;;/h2*4-5H,2H2,1H3;3H,1-2H3;1H3;1H;/q2*-1;;-1;;+4/p-1. The predicted molar refractivity (Wildman–Crippen MR) is 77.7 cm³/mol. The molecule has 1 radical (unpaired) electrons. The van der Waals surface area contributed by atoms with Crippen LogP contribution in [0, 0.1) is 19.6 Å². The second-order valence-electron chi connectivity index (χ2n) is 3.58. The number of rotatable bonds is 0. The van der Waals surface area contributed by atoms with Crippen molar-refractivity contribution >= 4 is 9.52 Å². The zero-order valence-corrected chi connectivity index (χ0v) is 16.5. The third-order valence-electron chi connectivity index (χ3n) is 1.74. The maximum Gasteiger partial charge on any atom is 4.00 e. The van der Waals surface area contributed by atoms with Crippen LogP contribution in [0.1, 0.15) is 26.7 Å². The summed E-state index contributed by atoms with van der Waals surface area (Å²) in [6.45, 7) is 8.58. The fourth-order valence-electron chi connectivity index (χ4n) is 0.998. The molecule has 0 nitrogen and oxygen atoms in total. The van der Waals surface area contributed by atoms with Gasteiger partial charge >= 0.3 is 26.2 Å². The zero-order chi connectivity index (χ0) is 11.5. The normalized spacial score (nSPS) is 13.3. The quantitative estimate of drug-likeness (QED) is 0.453. The van der Waals surface area contributed by atoms with E-state index in [1.165, 1.54) is 11.1 Å². The summed E-state index contributed by atoms with van der Waals surface area (Å²) in [6.07, 6.45) is 16.5. The summed E-state index contributed by atoms with van der Waals surface area (Å²) in [5, 5.41) is 0. The van der Waals surface area contributed by atoms with Crippen LogP contribution in [0.3, 0.4) is 0 Å². The number of hydrogen-bond acceptors (Lipinski definition) is 0. The van der Waals surface area contributed by atoms with Crippen LogP contribution < -0.4 is 12.4 Å². The Morgan fingerprint density at radius 1 is 0.944 bits per heavy atom. The van der Waals surface area contributed by atoms with E-state index in [9.17, 15) is 0 Å². The minimum absolute atomic E-state index is 0. The van der Waals surface area contributed by atoms with Crippen molar-refractivity contribution in [3.63, 3.8) is 0 Å². The molecule has 0 atom stereocenters. The molecule has 3 heteroatoms. The Morgan fingerprint density at radius 2 is 1.22 bits per heavy atom. The summed E-state index contributed by atoms with van der Waals surface area (Å²) in [4.78, 5) is 0. The Kier molecular flexibility index (Phi) is 29.3. The average Bonchev–Trinajstić information content (AvgIpc) is 2.81. The maximum absolute atomic E-state index is 3.05. The Hall–Kier alpha value is 0.350. The van der Waals surface area contributed by atoms with Crippen molar-refractivity contribution < 1.29 is 38.6 Å². The van der Waals surface area contributed by atoms with Gasteiger partial charge in [-0.05, 0) is 0 Å². The van der Waals surface area contributed by atoms with Crippen molar-refractivity contribution in [1.29, 1.82) is 0 Å². The molecule has 0 N–H and O–H groups in total. The number of hydrogen-bond donors (Lipinski definition) is 0. The van der Waals surface area contributed by atoms with E-state index < -0.39 is 0 Å². The van der Waals surface area contributed by atoms with E-state index in [0.29, 0.717) is 0 Å². The van der Waals surface area contributed by atoms with E-state index in [-0.39, 0.29) is 46.0 Å². The van der Waals surface area contributed by atoms with Gasteiger partial charge in [0.25, 0.3) is 0 Å². The predicted octanol–water partition coefficient (Wildman–Crippen LogP) is 1.36. The van der Waals surface area contributed by atoms with Crippen molar-refractivity contribution in [2.75, 3.05) is 0 Å². The zero-order valence-electron chi connectivity index (χ0n) is 12.2. The van der Waals surface area contributed by atoms with Gasteiger partial charge in [-0.1, -0.05) is 13.1 Å². The monoisotopic (exact) mass is 357 g/mol. The van der Waals surface area contributed by atoms with Crippen LogP contribution in [0.5, 0.6) is 0 Å². The first kappa shape index (κ1) is 26.8. The van der Waals surface area contributed by atoms with E-state index in [1.807, 2.05) is 12.2 Å². The molecule has 2 rings (SSSR count). The number of allylic oxidation sites excluding steroid dienone is 8. The van der Waals surface area contributed by atoms with E-state index >= 15 is 0 Å². The molecule has 0 spiro atoms. The van der Waals surface area contributed by atoms with Gasteiger partial charge in [-0.3, -0.25) is 12.2 Å². The number of halogens is 1. The summed E-state index contributed by atoms with van der Waals surface area (Å²) < 4.78 is 0. The van der Waals surface area contributed by atoms with Crippen LogP contribution in [-0.2, 0) is 26.2 Å². The van der Waals surface area contributed by atoms with Gasteiger partial charge in [0.2, 0.25) is 0 Å². The molecule has 0 saturated heterocycles. The van der Waals surface area contributed by atoms with E-state index in [4.69, 9.17) is 0 Å². The minimum atomic E-state index is 0. The van der Waals surface area contributed by atoms with Gasteiger partial charge in [0, 0.05) is 9.52 Å². The molecular weight excluding hydrogens is 335 g/mol. The molecule has 2 aliphatic carbocycles.